The number of hydrogen-bond donors (Lipinski definition) is 1. The van der Waals surface area contributed by atoms with Crippen molar-refractivity contribution in [1.82, 2.24) is 9.78 Å². The predicted octanol–water partition coefficient (Wildman–Crippen LogP) is 9.70. The number of anilines is 1. The highest BCUT2D eigenvalue weighted by atomic mass is 35.6. The van der Waals surface area contributed by atoms with Crippen molar-refractivity contribution in [2.24, 2.45) is 0 Å². The van der Waals surface area contributed by atoms with Gasteiger partial charge >= 0.3 is 6.09 Å². The van der Waals surface area contributed by atoms with Crippen molar-refractivity contribution in [3.8, 4) is 11.4 Å². The Kier molecular flexibility index (Phi) is 14.1. The van der Waals surface area contributed by atoms with Gasteiger partial charge in [0.25, 0.3) is 0 Å². The molecule has 3 rings (SSSR count). The number of aromatic nitrogens is 2. The second-order valence-corrected chi connectivity index (χ2v) is 21.8. The number of nitrogens with zero attached hydrogens (tertiary/aromatic N) is 2. The standard InChI is InChI=1S/C33H52Cl3N3O6Si/c1-22(2)46(23(3)4,24(5)6)45-20-25-13-14-26(18-27(25)41-16-17-43-30-12-10-11-15-42-30)39-29(19-28(38-39)32(7,8)9)37-31(40)44-21-33(34,35)36/h13-14,18-19,22-24,30H,10-12,15-17,20-21H2,1-9H3,(H,37,40). The van der Waals surface area contributed by atoms with Gasteiger partial charge < -0.3 is 23.4 Å². The minimum absolute atomic E-state index is 0.198. The van der Waals surface area contributed by atoms with Crippen LogP contribution in [-0.2, 0) is 30.7 Å². The van der Waals surface area contributed by atoms with Gasteiger partial charge in [0.2, 0.25) is 12.1 Å². The smallest absolute Gasteiger partial charge is 0.412 e. The van der Waals surface area contributed by atoms with Crippen molar-refractivity contribution in [3.63, 3.8) is 0 Å². The third-order valence-electron chi connectivity index (χ3n) is 8.34. The van der Waals surface area contributed by atoms with Crippen LogP contribution in [0.5, 0.6) is 5.75 Å². The van der Waals surface area contributed by atoms with Gasteiger partial charge in [-0.1, -0.05) is 103 Å². The molecule has 1 unspecified atom stereocenters. The Morgan fingerprint density at radius 3 is 2.28 bits per heavy atom. The second-order valence-electron chi connectivity index (χ2n) is 13.8. The molecule has 1 aromatic heterocycles. The molecule has 0 radical (unpaired) electrons. The zero-order chi connectivity index (χ0) is 34.3. The SMILES string of the molecule is CC(C)[Si](OCc1ccc(-n2nc(C(C)(C)C)cc2NC(=O)OCC(Cl)(Cl)Cl)cc1OCCOC1CCCCO1)(C(C)C)C(C)C. The summed E-state index contributed by atoms with van der Waals surface area (Å²) in [7, 11) is -2.14. The predicted molar refractivity (Wildman–Crippen MR) is 188 cm³/mol. The van der Waals surface area contributed by atoms with Crippen LogP contribution >= 0.6 is 34.8 Å². The summed E-state index contributed by atoms with van der Waals surface area (Å²) in [6.45, 7) is 21.2. The Labute approximate surface area is 291 Å². The van der Waals surface area contributed by atoms with Gasteiger partial charge in [-0.2, -0.15) is 5.10 Å². The number of nitrogens with one attached hydrogen (secondary N) is 1. The van der Waals surface area contributed by atoms with Crippen LogP contribution < -0.4 is 10.1 Å². The summed E-state index contributed by atoms with van der Waals surface area (Å²) >= 11 is 17.3. The maximum Gasteiger partial charge on any atom is 0.412 e. The molecule has 260 valence electrons. The maximum absolute atomic E-state index is 12.7. The fourth-order valence-electron chi connectivity index (χ4n) is 6.13. The van der Waals surface area contributed by atoms with Crippen LogP contribution in [0.4, 0.5) is 10.6 Å². The first-order chi connectivity index (χ1) is 21.4. The molecule has 46 heavy (non-hydrogen) atoms. The molecule has 1 atom stereocenters. The minimum atomic E-state index is -2.14. The lowest BCUT2D eigenvalue weighted by Gasteiger charge is -2.42. The Hall–Kier alpha value is -1.53. The van der Waals surface area contributed by atoms with E-state index < -0.39 is 24.8 Å². The average molecular weight is 721 g/mol. The highest BCUT2D eigenvalue weighted by Gasteiger charge is 2.45. The highest BCUT2D eigenvalue weighted by Crippen LogP contribution is 2.43. The summed E-state index contributed by atoms with van der Waals surface area (Å²) in [4.78, 5) is 12.7. The molecule has 0 aliphatic carbocycles. The molecule has 2 aromatic rings. The molecule has 1 fully saturated rings. The van der Waals surface area contributed by atoms with Crippen molar-refractivity contribution in [3.05, 3.63) is 35.5 Å². The van der Waals surface area contributed by atoms with Gasteiger partial charge in [0.05, 0.1) is 24.6 Å². The first-order valence-electron chi connectivity index (χ1n) is 16.2. The fraction of sp³-hybridized carbons (Fsp3) is 0.697. The highest BCUT2D eigenvalue weighted by molar-refractivity contribution is 6.77. The van der Waals surface area contributed by atoms with E-state index in [0.29, 0.717) is 53.7 Å². The van der Waals surface area contributed by atoms with Crippen LogP contribution in [0, 0.1) is 0 Å². The molecule has 0 bridgehead atoms. The molecule has 1 amide bonds. The largest absolute Gasteiger partial charge is 0.491 e. The number of amides is 1. The number of carbonyl (C=O) groups is 1. The van der Waals surface area contributed by atoms with E-state index in [-0.39, 0.29) is 11.7 Å². The van der Waals surface area contributed by atoms with E-state index in [1.165, 1.54) is 0 Å². The van der Waals surface area contributed by atoms with Crippen LogP contribution in [0.1, 0.15) is 92.8 Å². The van der Waals surface area contributed by atoms with Crippen LogP contribution in [-0.4, -0.2) is 60.7 Å². The van der Waals surface area contributed by atoms with Gasteiger partial charge in [-0.25, -0.2) is 9.48 Å². The van der Waals surface area contributed by atoms with Crippen molar-refractivity contribution in [2.75, 3.05) is 31.7 Å². The molecular formula is C33H52Cl3N3O6Si. The van der Waals surface area contributed by atoms with E-state index in [1.807, 2.05) is 39.0 Å². The summed E-state index contributed by atoms with van der Waals surface area (Å²) in [5.74, 6) is 1.06. The van der Waals surface area contributed by atoms with Gasteiger partial charge in [0, 0.05) is 29.7 Å². The van der Waals surface area contributed by atoms with Gasteiger partial charge in [-0.3, -0.25) is 5.32 Å². The minimum Gasteiger partial charge on any atom is -0.491 e. The summed E-state index contributed by atoms with van der Waals surface area (Å²) in [5.41, 5.74) is 3.40. The number of carbonyl (C=O) groups excluding carboxylic acids is 1. The molecule has 0 spiro atoms. The molecule has 1 aliphatic heterocycles. The monoisotopic (exact) mass is 719 g/mol. The number of halogens is 3. The van der Waals surface area contributed by atoms with E-state index in [1.54, 1.807) is 10.7 Å². The van der Waals surface area contributed by atoms with E-state index in [2.05, 4.69) is 46.9 Å². The van der Waals surface area contributed by atoms with Gasteiger partial charge in [-0.05, 0) is 42.0 Å². The number of rotatable bonds is 14. The summed E-state index contributed by atoms with van der Waals surface area (Å²) in [5, 5.41) is 7.59. The Bertz CT molecular complexity index is 1250. The topological polar surface area (TPSA) is 93.1 Å². The lowest BCUT2D eigenvalue weighted by atomic mass is 9.92. The Balaban J connectivity index is 1.95. The molecule has 1 saturated heterocycles. The molecular weight excluding hydrogens is 669 g/mol. The third kappa shape index (κ3) is 10.7. The van der Waals surface area contributed by atoms with E-state index in [0.717, 1.165) is 37.1 Å². The molecule has 13 heteroatoms. The molecule has 2 heterocycles. The Morgan fingerprint density at radius 2 is 1.72 bits per heavy atom. The second kappa shape index (κ2) is 16.7. The molecule has 1 aromatic carbocycles. The van der Waals surface area contributed by atoms with Crippen LogP contribution in [0.25, 0.3) is 5.69 Å². The van der Waals surface area contributed by atoms with E-state index in [4.69, 9.17) is 63.3 Å². The zero-order valence-corrected chi connectivity index (χ0v) is 32.0. The summed E-state index contributed by atoms with van der Waals surface area (Å²) in [6, 6.07) is 7.66. The van der Waals surface area contributed by atoms with Gasteiger partial charge in [0.1, 0.15) is 24.8 Å². The first kappa shape index (κ1) is 38.9. The van der Waals surface area contributed by atoms with Crippen molar-refractivity contribution >= 4 is 55.0 Å². The zero-order valence-electron chi connectivity index (χ0n) is 28.8. The number of benzene rings is 1. The van der Waals surface area contributed by atoms with E-state index >= 15 is 0 Å². The lowest BCUT2D eigenvalue weighted by molar-refractivity contribution is -0.165. The molecule has 1 aliphatic rings. The Morgan fingerprint density at radius 1 is 1.04 bits per heavy atom. The normalized spacial score (nSPS) is 16.4. The number of alkyl halides is 3. The van der Waals surface area contributed by atoms with Crippen molar-refractivity contribution in [1.29, 1.82) is 0 Å². The van der Waals surface area contributed by atoms with Crippen molar-refractivity contribution < 1.29 is 28.2 Å². The molecule has 1 N–H and O–H groups in total. The average Bonchev–Trinajstić information content (AvgIpc) is 3.39. The van der Waals surface area contributed by atoms with Crippen LogP contribution in [0.3, 0.4) is 0 Å². The van der Waals surface area contributed by atoms with Gasteiger partial charge in [0.15, 0.2) is 6.29 Å². The maximum atomic E-state index is 12.7. The van der Waals surface area contributed by atoms with Gasteiger partial charge in [-0.15, -0.1) is 0 Å². The first-order valence-corrected chi connectivity index (χ1v) is 19.5. The third-order valence-corrected chi connectivity index (χ3v) is 14.7. The van der Waals surface area contributed by atoms with Crippen LogP contribution in [0.15, 0.2) is 24.3 Å². The lowest BCUT2D eigenvalue weighted by Crippen LogP contribution is -2.47. The quantitative estimate of drug-likeness (QED) is 0.118. The van der Waals surface area contributed by atoms with Crippen LogP contribution in [0.2, 0.25) is 16.6 Å². The number of hydrogen-bond acceptors (Lipinski definition) is 7. The fourth-order valence-corrected chi connectivity index (χ4v) is 11.7. The summed E-state index contributed by atoms with van der Waals surface area (Å²) in [6.07, 6.45) is 2.07. The number of ether oxygens (including phenoxy) is 4. The van der Waals surface area contributed by atoms with E-state index in [9.17, 15) is 4.79 Å². The molecule has 9 nitrogen and oxygen atoms in total. The summed E-state index contributed by atoms with van der Waals surface area (Å²) < 4.78 is 30.0. The van der Waals surface area contributed by atoms with Crippen molar-refractivity contribution in [2.45, 2.75) is 120 Å². The molecule has 0 saturated carbocycles.